The van der Waals surface area contributed by atoms with Crippen LogP contribution in [0.4, 0.5) is 10.6 Å². The van der Waals surface area contributed by atoms with Gasteiger partial charge >= 0.3 is 6.09 Å². The molecule has 0 aliphatic carbocycles. The summed E-state index contributed by atoms with van der Waals surface area (Å²) in [4.78, 5) is 22.9. The Balaban J connectivity index is 2.08. The standard InChI is InChI=1S/C13H23N5O3/c1-13(2,3)21-12(20)16-7-4-6-15-11(19)9-18-8-5-10(14)17-18/h5,8H,4,6-7,9H2,1-3H3,(H2,14,17)(H,15,19)(H,16,20). The second kappa shape index (κ2) is 7.51. The predicted molar refractivity (Wildman–Crippen MR) is 78.5 cm³/mol. The second-order valence-electron chi connectivity index (χ2n) is 5.57. The van der Waals surface area contributed by atoms with Crippen LogP contribution in [0.5, 0.6) is 0 Å². The van der Waals surface area contributed by atoms with Gasteiger partial charge in [-0.05, 0) is 33.3 Å². The topological polar surface area (TPSA) is 111 Å². The summed E-state index contributed by atoms with van der Waals surface area (Å²) in [6.07, 6.45) is 1.80. The number of amides is 2. The third-order valence-corrected chi connectivity index (χ3v) is 2.31. The molecule has 1 heterocycles. The largest absolute Gasteiger partial charge is 0.444 e. The maximum atomic E-state index is 11.6. The Labute approximate surface area is 124 Å². The number of alkyl carbamates (subject to hydrolysis) is 1. The van der Waals surface area contributed by atoms with Crippen molar-refractivity contribution in [1.82, 2.24) is 20.4 Å². The molecule has 4 N–H and O–H groups in total. The number of nitrogens with zero attached hydrogens (tertiary/aromatic N) is 2. The lowest BCUT2D eigenvalue weighted by atomic mass is 10.2. The molecule has 0 aliphatic rings. The van der Waals surface area contributed by atoms with Gasteiger partial charge in [-0.25, -0.2) is 4.79 Å². The van der Waals surface area contributed by atoms with Gasteiger partial charge in [0, 0.05) is 19.3 Å². The second-order valence-corrected chi connectivity index (χ2v) is 5.57. The summed E-state index contributed by atoms with van der Waals surface area (Å²) in [6.45, 7) is 6.42. The molecule has 2 amide bonds. The molecule has 21 heavy (non-hydrogen) atoms. The number of carbonyl (C=O) groups excluding carboxylic acids is 2. The minimum atomic E-state index is -0.510. The van der Waals surface area contributed by atoms with E-state index in [1.165, 1.54) is 4.68 Å². The summed E-state index contributed by atoms with van der Waals surface area (Å²) in [6, 6.07) is 1.62. The number of carbonyl (C=O) groups is 2. The maximum absolute atomic E-state index is 11.6. The van der Waals surface area contributed by atoms with Crippen molar-refractivity contribution in [2.45, 2.75) is 39.3 Å². The zero-order chi connectivity index (χ0) is 15.9. The van der Waals surface area contributed by atoms with Crippen LogP contribution in [0.1, 0.15) is 27.2 Å². The van der Waals surface area contributed by atoms with Crippen molar-refractivity contribution < 1.29 is 14.3 Å². The Hall–Kier alpha value is -2.25. The van der Waals surface area contributed by atoms with E-state index in [2.05, 4.69) is 15.7 Å². The average Bonchev–Trinajstić information content (AvgIpc) is 2.71. The van der Waals surface area contributed by atoms with Crippen LogP contribution in [0, 0.1) is 0 Å². The van der Waals surface area contributed by atoms with Gasteiger partial charge < -0.3 is 21.1 Å². The molecule has 0 atom stereocenters. The van der Waals surface area contributed by atoms with Crippen LogP contribution in [0.3, 0.4) is 0 Å². The molecule has 1 aromatic rings. The van der Waals surface area contributed by atoms with E-state index in [0.717, 1.165) is 0 Å². The molecule has 0 fully saturated rings. The normalized spacial score (nSPS) is 11.0. The van der Waals surface area contributed by atoms with Gasteiger partial charge in [0.05, 0.1) is 0 Å². The Morgan fingerprint density at radius 2 is 2.00 bits per heavy atom. The number of nitrogens with one attached hydrogen (secondary N) is 2. The highest BCUT2D eigenvalue weighted by molar-refractivity contribution is 5.75. The quantitative estimate of drug-likeness (QED) is 0.662. The lowest BCUT2D eigenvalue weighted by Gasteiger charge is -2.19. The van der Waals surface area contributed by atoms with Gasteiger partial charge in [-0.2, -0.15) is 5.10 Å². The number of nitrogens with two attached hydrogens (primary N) is 1. The summed E-state index contributed by atoms with van der Waals surface area (Å²) < 4.78 is 6.55. The number of nitrogen functional groups attached to an aromatic ring is 1. The van der Waals surface area contributed by atoms with Crippen molar-refractivity contribution in [3.05, 3.63) is 12.3 Å². The third kappa shape index (κ3) is 7.81. The van der Waals surface area contributed by atoms with E-state index in [-0.39, 0.29) is 12.5 Å². The van der Waals surface area contributed by atoms with E-state index in [0.29, 0.717) is 25.3 Å². The molecule has 0 aromatic carbocycles. The van der Waals surface area contributed by atoms with Crippen LogP contribution in [-0.4, -0.2) is 40.5 Å². The van der Waals surface area contributed by atoms with E-state index < -0.39 is 11.7 Å². The smallest absolute Gasteiger partial charge is 0.407 e. The fourth-order valence-corrected chi connectivity index (χ4v) is 1.49. The average molecular weight is 297 g/mol. The van der Waals surface area contributed by atoms with E-state index >= 15 is 0 Å². The molecule has 1 aromatic heterocycles. The van der Waals surface area contributed by atoms with Crippen molar-refractivity contribution >= 4 is 17.8 Å². The van der Waals surface area contributed by atoms with Crippen LogP contribution in [0.2, 0.25) is 0 Å². The molecule has 0 unspecified atom stereocenters. The van der Waals surface area contributed by atoms with Gasteiger partial charge in [0.25, 0.3) is 0 Å². The number of ether oxygens (including phenoxy) is 1. The zero-order valence-electron chi connectivity index (χ0n) is 12.7. The van der Waals surface area contributed by atoms with Gasteiger partial charge in [-0.15, -0.1) is 0 Å². The van der Waals surface area contributed by atoms with Gasteiger partial charge in [0.15, 0.2) is 0 Å². The minimum absolute atomic E-state index is 0.122. The fourth-order valence-electron chi connectivity index (χ4n) is 1.49. The molecule has 0 bridgehead atoms. The van der Waals surface area contributed by atoms with Crippen LogP contribution in [0.25, 0.3) is 0 Å². The molecule has 0 radical (unpaired) electrons. The monoisotopic (exact) mass is 297 g/mol. The van der Waals surface area contributed by atoms with Crippen LogP contribution in [0.15, 0.2) is 12.3 Å². The van der Waals surface area contributed by atoms with Gasteiger partial charge in [-0.1, -0.05) is 0 Å². The van der Waals surface area contributed by atoms with Gasteiger partial charge in [0.2, 0.25) is 5.91 Å². The van der Waals surface area contributed by atoms with Crippen LogP contribution >= 0.6 is 0 Å². The minimum Gasteiger partial charge on any atom is -0.444 e. The van der Waals surface area contributed by atoms with Crippen molar-refractivity contribution in [3.8, 4) is 0 Å². The Kier molecular flexibility index (Phi) is 6.01. The van der Waals surface area contributed by atoms with E-state index in [1.807, 2.05) is 0 Å². The molecule has 0 saturated heterocycles. The van der Waals surface area contributed by atoms with Gasteiger partial charge in [-0.3, -0.25) is 9.48 Å². The predicted octanol–water partition coefficient (Wildman–Crippen LogP) is 0.496. The number of aromatic nitrogens is 2. The van der Waals surface area contributed by atoms with Crippen molar-refractivity contribution in [1.29, 1.82) is 0 Å². The van der Waals surface area contributed by atoms with Crippen molar-refractivity contribution in [3.63, 3.8) is 0 Å². The van der Waals surface area contributed by atoms with E-state index in [1.54, 1.807) is 33.0 Å². The first-order valence-electron chi connectivity index (χ1n) is 6.79. The summed E-state index contributed by atoms with van der Waals surface area (Å²) in [5.74, 6) is 0.222. The van der Waals surface area contributed by atoms with Crippen molar-refractivity contribution in [2.24, 2.45) is 0 Å². The first kappa shape index (κ1) is 16.8. The number of hydrogen-bond acceptors (Lipinski definition) is 5. The fraction of sp³-hybridized carbons (Fsp3) is 0.615. The summed E-state index contributed by atoms with van der Waals surface area (Å²) in [5, 5.41) is 9.26. The molecular formula is C13H23N5O3. The van der Waals surface area contributed by atoms with E-state index in [4.69, 9.17) is 10.5 Å². The molecular weight excluding hydrogens is 274 g/mol. The highest BCUT2D eigenvalue weighted by Gasteiger charge is 2.15. The third-order valence-electron chi connectivity index (χ3n) is 2.31. The molecule has 0 spiro atoms. The Morgan fingerprint density at radius 3 is 2.57 bits per heavy atom. The molecule has 0 saturated carbocycles. The Morgan fingerprint density at radius 1 is 1.33 bits per heavy atom. The lowest BCUT2D eigenvalue weighted by molar-refractivity contribution is -0.121. The number of rotatable bonds is 6. The molecule has 0 aliphatic heterocycles. The van der Waals surface area contributed by atoms with Crippen LogP contribution in [-0.2, 0) is 16.1 Å². The first-order valence-corrected chi connectivity index (χ1v) is 6.79. The Bertz CT molecular complexity index is 478. The summed E-state index contributed by atoms with van der Waals surface area (Å²) >= 11 is 0. The lowest BCUT2D eigenvalue weighted by Crippen LogP contribution is -2.35. The highest BCUT2D eigenvalue weighted by Crippen LogP contribution is 2.06. The van der Waals surface area contributed by atoms with Crippen molar-refractivity contribution in [2.75, 3.05) is 18.8 Å². The molecule has 8 nitrogen and oxygen atoms in total. The summed E-state index contributed by atoms with van der Waals surface area (Å²) in [7, 11) is 0. The number of hydrogen-bond donors (Lipinski definition) is 3. The van der Waals surface area contributed by atoms with E-state index in [9.17, 15) is 9.59 Å². The van der Waals surface area contributed by atoms with Crippen LogP contribution < -0.4 is 16.4 Å². The molecule has 118 valence electrons. The molecule has 1 rings (SSSR count). The zero-order valence-corrected chi connectivity index (χ0v) is 12.7. The maximum Gasteiger partial charge on any atom is 0.407 e. The highest BCUT2D eigenvalue weighted by atomic mass is 16.6. The SMILES string of the molecule is CC(C)(C)OC(=O)NCCCNC(=O)Cn1ccc(N)n1. The van der Waals surface area contributed by atoms with Gasteiger partial charge in [0.1, 0.15) is 18.0 Å². The molecule has 8 heteroatoms. The first-order chi connectivity index (χ1) is 9.76. The number of anilines is 1. The summed E-state index contributed by atoms with van der Waals surface area (Å²) in [5.41, 5.74) is 4.94.